The molecule has 0 saturated heterocycles. The number of aliphatic hydroxyl groups excluding tert-OH is 5. The van der Waals surface area contributed by atoms with Gasteiger partial charge in [0, 0.05) is 69.8 Å². The number of amides is 10. The van der Waals surface area contributed by atoms with Crippen molar-refractivity contribution >= 4 is 85.1 Å². The average Bonchev–Trinajstić information content (AvgIpc) is 0.879. The van der Waals surface area contributed by atoms with Crippen LogP contribution >= 0.6 is 0 Å². The summed E-state index contributed by atoms with van der Waals surface area (Å²) in [4.78, 5) is 121. The Bertz CT molecular complexity index is 2980. The van der Waals surface area contributed by atoms with Crippen LogP contribution in [0.25, 0.3) is 0 Å². The quantitative estimate of drug-likeness (QED) is 0.00887. The van der Waals surface area contributed by atoms with Gasteiger partial charge in [0.1, 0.15) is 11.3 Å². The molecule has 16 N–H and O–H groups in total. The number of carbonyl (C=O) groups is 11. The minimum Gasteiger partial charge on any atom is -1.00 e. The van der Waals surface area contributed by atoms with Crippen molar-refractivity contribution in [1.82, 2.24) is 63.0 Å². The number of quaternary nitrogens is 2. The first-order valence-electron chi connectivity index (χ1n) is 34.2. The van der Waals surface area contributed by atoms with Gasteiger partial charge in [0.15, 0.2) is 0 Å². The zero-order valence-corrected chi connectivity index (χ0v) is 75.9. The van der Waals surface area contributed by atoms with Crippen molar-refractivity contribution < 1.29 is 168 Å². The summed E-state index contributed by atoms with van der Waals surface area (Å²) in [6, 6.07) is 0. The summed E-state index contributed by atoms with van der Waals surface area (Å²) in [6.07, 6.45) is 14.7. The second-order valence-corrected chi connectivity index (χ2v) is 30.5. The van der Waals surface area contributed by atoms with Crippen molar-refractivity contribution in [3.8, 4) is 0 Å². The van der Waals surface area contributed by atoms with Gasteiger partial charge in [-0.25, -0.2) is 8.42 Å². The fourth-order valence-corrected chi connectivity index (χ4v) is 8.50. The molecule has 0 fully saturated rings. The van der Waals surface area contributed by atoms with E-state index in [1.165, 1.54) is 71.1 Å². The molecule has 0 aromatic heterocycles. The normalized spacial score (nSPS) is 10.3. The van der Waals surface area contributed by atoms with Crippen LogP contribution in [-0.4, -0.2) is 338 Å². The van der Waals surface area contributed by atoms with Gasteiger partial charge in [-0.1, -0.05) is 65.8 Å². The SMILES string of the molecule is C=CC(=O)NC(C)(C)CC(C)=O.C=CC(=O)NC(C)(C)CS(=O)(=O)O.C=CC(=O)NC(C)(C)CS(=O)(=O)[O-].C=CC(=O)NC(CO)(CO)CO.C=CC(=O)NCCCN(C)C.C=CC(=O)NCCCO.C=CC(=O)NCCC[N+](C)(C)C.C=CC(=O)NCCN(C)C.C=CC(=O)NCCO.C=CC(=O)NCC[N+](C)(C)C.[Cl-].[Cl-].[Na+]. The van der Waals surface area contributed by atoms with Crippen LogP contribution in [0.3, 0.4) is 0 Å². The predicted octanol–water partition coefficient (Wildman–Crippen LogP) is -10.9. The Morgan fingerprint density at radius 2 is 0.658 bits per heavy atom. The predicted molar refractivity (Wildman–Crippen MR) is 436 cm³/mol. The van der Waals surface area contributed by atoms with Gasteiger partial charge in [0.05, 0.1) is 116 Å². The second kappa shape index (κ2) is 79.6. The van der Waals surface area contributed by atoms with Crippen molar-refractivity contribution in [3.63, 3.8) is 0 Å². The smallest absolute Gasteiger partial charge is 1.00 e. The maximum atomic E-state index is 10.9. The van der Waals surface area contributed by atoms with E-state index in [9.17, 15) is 74.1 Å². The van der Waals surface area contributed by atoms with Gasteiger partial charge in [-0.05, 0) is 157 Å². The number of likely N-dealkylation sites (N-methyl/N-ethyl adjacent to an activating group) is 2. The Morgan fingerprint density at radius 1 is 0.386 bits per heavy atom. The molecule has 10 amide bonds. The summed E-state index contributed by atoms with van der Waals surface area (Å²) in [6.45, 7) is 49.8. The van der Waals surface area contributed by atoms with Gasteiger partial charge < -0.3 is 127 Å². The Morgan fingerprint density at radius 3 is 0.921 bits per heavy atom. The van der Waals surface area contributed by atoms with Crippen LogP contribution in [0.2, 0.25) is 0 Å². The van der Waals surface area contributed by atoms with Gasteiger partial charge in [-0.3, -0.25) is 57.3 Å². The van der Waals surface area contributed by atoms with E-state index in [1.54, 1.807) is 13.8 Å². The summed E-state index contributed by atoms with van der Waals surface area (Å²) >= 11 is 0. The molecule has 0 aromatic carbocycles. The summed E-state index contributed by atoms with van der Waals surface area (Å²) in [5.41, 5.74) is -3.90. The Kier molecular flexibility index (Phi) is 94.9. The van der Waals surface area contributed by atoms with E-state index in [-0.39, 0.29) is 115 Å². The summed E-state index contributed by atoms with van der Waals surface area (Å²) in [5.74, 6) is -3.72. The summed E-state index contributed by atoms with van der Waals surface area (Å²) in [7, 11) is 12.2. The van der Waals surface area contributed by atoms with Gasteiger partial charge in [0.2, 0.25) is 59.1 Å². The average molecular weight is 1720 g/mol. The molecule has 0 rings (SSSR count). The molecule has 0 saturated carbocycles. The molecule has 0 radical (unpaired) electrons. The van der Waals surface area contributed by atoms with Crippen LogP contribution in [0, 0.1) is 0 Å². The standard InChI is InChI=1S/C9H18N2O.C9H15NO2.2C8H16N2O.C7H14N2O.2C7H13NO4S.C7H13NO4.C6H11NO2.C5H9NO2.2ClH.Na/c1-5-9(12)10-7-6-8-11(2,3)4;1-5-8(12)10-9(3,4)6-7(2)11;1-5-8(11)9-6-7-10(2,3)4;1-4-8(11)9-6-5-7-10(2)3;1-4-7(10)8-5-6-9(2)3;2*1-4-6(9)8-7(2,3)5-13(10,11)12;1-2-6(12)8-7(3-9,4-10)5-11;1-2-6(9)7-4-3-5-8;1-2-5(8)6-3-4-7;;;/h5H,1,6-8H2,2-4H3;5H,1,6H2,2-4H3,(H,10,12);5H,1,6-7H2,2-4H3;4H,1,5-7H2,2-3H3,(H,9,11);4H,1,5-6H2,2-3H3,(H,8,10);2*4H,1,5H2,2-3H3,(H,8,9)(H,10,11,12);2,9-11H,1,3-5H2,(H,8,12);2,8H,1,3-5H2,(H,7,9);2,7H,1,3-4H2,(H,6,8);2*1H;/q;;;;;;;;;;;;+1/p-1. The number of hydrogen-bond acceptors (Lipinski definition) is 23. The number of rotatable bonds is 42. The minimum absolute atomic E-state index is 0. The number of halogens is 2. The van der Waals surface area contributed by atoms with Crippen molar-refractivity contribution in [2.75, 3.05) is 180 Å². The Labute approximate surface area is 714 Å². The zero-order valence-electron chi connectivity index (χ0n) is 70.8. The van der Waals surface area contributed by atoms with E-state index in [4.69, 9.17) is 30.1 Å². The Hall–Kier alpha value is -7.19. The molecule has 0 bridgehead atoms. The molecular formula is C73H139Cl2N14NaO22S2. The fourth-order valence-electron chi connectivity index (χ4n) is 6.56. The molecule has 36 nitrogen and oxygen atoms in total. The number of carbonyl (C=O) groups excluding carboxylic acids is 11. The number of ketones is 1. The van der Waals surface area contributed by atoms with E-state index < -0.39 is 91.4 Å². The van der Waals surface area contributed by atoms with E-state index >= 15 is 0 Å². The molecule has 0 aliphatic carbocycles. The molecule has 0 aliphatic rings. The van der Waals surface area contributed by atoms with Crippen LogP contribution < -0.4 is 108 Å². The molecule has 0 heterocycles. The maximum absolute atomic E-state index is 10.9. The van der Waals surface area contributed by atoms with E-state index in [0.29, 0.717) is 39.0 Å². The summed E-state index contributed by atoms with van der Waals surface area (Å²) in [5, 5.41) is 68.0. The van der Waals surface area contributed by atoms with E-state index in [1.807, 2.05) is 33.1 Å². The zero-order chi connectivity index (χ0) is 89.5. The largest absolute Gasteiger partial charge is 1.00 e. The maximum Gasteiger partial charge on any atom is 1.00 e. The van der Waals surface area contributed by atoms with Gasteiger partial charge in [-0.2, -0.15) is 8.42 Å². The Balaban J connectivity index is -0.0000000904. The van der Waals surface area contributed by atoms with Gasteiger partial charge >= 0.3 is 29.6 Å². The van der Waals surface area contributed by atoms with Crippen LogP contribution in [0.4, 0.5) is 0 Å². The molecular weight excluding hydrogens is 1580 g/mol. The molecule has 41 heteroatoms. The molecule has 660 valence electrons. The number of nitrogens with one attached hydrogen (secondary N) is 10. The number of nitrogens with zero attached hydrogens (tertiary/aromatic N) is 4. The third kappa shape index (κ3) is 123. The van der Waals surface area contributed by atoms with Crippen LogP contribution in [-0.2, 0) is 73.0 Å². The van der Waals surface area contributed by atoms with Crippen molar-refractivity contribution in [3.05, 3.63) is 127 Å². The topological polar surface area (TPSA) is 527 Å². The summed E-state index contributed by atoms with van der Waals surface area (Å²) < 4.78 is 62.5. The number of hydrogen-bond donors (Lipinski definition) is 16. The van der Waals surface area contributed by atoms with Crippen LogP contribution in [0.5, 0.6) is 0 Å². The molecule has 0 aromatic rings. The molecule has 0 aliphatic heterocycles. The van der Waals surface area contributed by atoms with Crippen molar-refractivity contribution in [1.29, 1.82) is 0 Å². The number of aliphatic hydroxyl groups is 5. The third-order valence-electron chi connectivity index (χ3n) is 11.7. The fraction of sp³-hybridized carbons (Fsp3) is 0.575. The first kappa shape index (κ1) is 136. The van der Waals surface area contributed by atoms with Gasteiger partial charge in [-0.15, -0.1) is 0 Å². The number of Topliss-reactive ketones (excluding diaryl/α,β-unsaturated/α-hetero) is 1. The van der Waals surface area contributed by atoms with Gasteiger partial charge in [0.25, 0.3) is 10.1 Å². The molecule has 114 heavy (non-hydrogen) atoms. The van der Waals surface area contributed by atoms with Crippen molar-refractivity contribution in [2.24, 2.45) is 0 Å². The minimum atomic E-state index is -4.33. The third-order valence-corrected chi connectivity index (χ3v) is 13.8. The second-order valence-electron chi connectivity index (χ2n) is 27.6. The van der Waals surface area contributed by atoms with Crippen LogP contribution in [0.15, 0.2) is 127 Å². The molecule has 0 unspecified atom stereocenters. The molecule has 0 spiro atoms. The first-order chi connectivity index (χ1) is 50.7. The first-order valence-corrected chi connectivity index (χ1v) is 37.4. The van der Waals surface area contributed by atoms with E-state index in [2.05, 4.69) is 166 Å². The van der Waals surface area contributed by atoms with Crippen LogP contribution in [0.1, 0.15) is 74.1 Å². The monoisotopic (exact) mass is 1720 g/mol. The van der Waals surface area contributed by atoms with Crippen molar-refractivity contribution in [2.45, 2.75) is 96.3 Å². The molecule has 0 atom stereocenters. The van der Waals surface area contributed by atoms with E-state index in [0.717, 1.165) is 85.4 Å².